The van der Waals surface area contributed by atoms with Crippen molar-refractivity contribution in [2.24, 2.45) is 5.73 Å². The van der Waals surface area contributed by atoms with E-state index in [2.05, 4.69) is 5.32 Å². The van der Waals surface area contributed by atoms with E-state index in [1.165, 1.54) is 6.42 Å². The van der Waals surface area contributed by atoms with E-state index in [1.807, 2.05) is 30.3 Å². The maximum atomic E-state index is 12.2. The number of halogens is 1. The lowest BCUT2D eigenvalue weighted by molar-refractivity contribution is -0.122. The predicted molar refractivity (Wildman–Crippen MR) is 86.7 cm³/mol. The Balaban J connectivity index is 0.00000220. The Labute approximate surface area is 132 Å². The summed E-state index contributed by atoms with van der Waals surface area (Å²) in [6, 6.07) is 9.69. The SMILES string of the molecule is Cl.NCC(C(=O)NCCC1CCCCO1)c1ccccc1. The van der Waals surface area contributed by atoms with Crippen molar-refractivity contribution < 1.29 is 9.53 Å². The number of ether oxygens (including phenoxy) is 1. The fourth-order valence-electron chi connectivity index (χ4n) is 2.59. The minimum absolute atomic E-state index is 0. The van der Waals surface area contributed by atoms with Crippen molar-refractivity contribution in [2.75, 3.05) is 19.7 Å². The van der Waals surface area contributed by atoms with E-state index in [0.29, 0.717) is 19.2 Å². The standard InChI is InChI=1S/C16H24N2O2.ClH/c17-12-15(13-6-2-1-3-7-13)16(19)18-10-9-14-8-4-5-11-20-14;/h1-3,6-7,14-15H,4-5,8-12,17H2,(H,18,19);1H. The van der Waals surface area contributed by atoms with Crippen LogP contribution >= 0.6 is 12.4 Å². The van der Waals surface area contributed by atoms with Crippen molar-refractivity contribution >= 4 is 18.3 Å². The van der Waals surface area contributed by atoms with Crippen LogP contribution in [0.1, 0.15) is 37.2 Å². The van der Waals surface area contributed by atoms with E-state index in [4.69, 9.17) is 10.5 Å². The van der Waals surface area contributed by atoms with Crippen molar-refractivity contribution in [3.8, 4) is 0 Å². The first-order valence-electron chi connectivity index (χ1n) is 7.45. The summed E-state index contributed by atoms with van der Waals surface area (Å²) in [6.07, 6.45) is 4.68. The fourth-order valence-corrected chi connectivity index (χ4v) is 2.59. The number of carbonyl (C=O) groups excluding carboxylic acids is 1. The molecule has 0 aromatic heterocycles. The number of hydrogen-bond donors (Lipinski definition) is 2. The summed E-state index contributed by atoms with van der Waals surface area (Å²) < 4.78 is 5.66. The molecule has 2 rings (SSSR count). The lowest BCUT2D eigenvalue weighted by Gasteiger charge is -2.23. The summed E-state index contributed by atoms with van der Waals surface area (Å²) in [6.45, 7) is 1.84. The van der Waals surface area contributed by atoms with Gasteiger partial charge >= 0.3 is 0 Å². The van der Waals surface area contributed by atoms with Gasteiger partial charge in [0.05, 0.1) is 12.0 Å². The Morgan fingerprint density at radius 1 is 1.33 bits per heavy atom. The summed E-state index contributed by atoms with van der Waals surface area (Å²) in [5, 5.41) is 2.98. The van der Waals surface area contributed by atoms with E-state index in [9.17, 15) is 4.79 Å². The number of carbonyl (C=O) groups is 1. The number of nitrogens with one attached hydrogen (secondary N) is 1. The van der Waals surface area contributed by atoms with Gasteiger partial charge in [0.1, 0.15) is 0 Å². The highest BCUT2D eigenvalue weighted by Gasteiger charge is 2.19. The van der Waals surface area contributed by atoms with Crippen molar-refractivity contribution in [2.45, 2.75) is 37.7 Å². The number of rotatable bonds is 6. The lowest BCUT2D eigenvalue weighted by atomic mass is 9.98. The molecular weight excluding hydrogens is 288 g/mol. The number of nitrogens with two attached hydrogens (primary N) is 1. The van der Waals surface area contributed by atoms with Crippen LogP contribution < -0.4 is 11.1 Å². The highest BCUT2D eigenvalue weighted by atomic mass is 35.5. The quantitative estimate of drug-likeness (QED) is 0.846. The zero-order valence-electron chi connectivity index (χ0n) is 12.3. The zero-order valence-corrected chi connectivity index (χ0v) is 13.1. The first kappa shape index (κ1) is 18.0. The van der Waals surface area contributed by atoms with Crippen LogP contribution in [0.15, 0.2) is 30.3 Å². The topological polar surface area (TPSA) is 64.4 Å². The summed E-state index contributed by atoms with van der Waals surface area (Å²) in [5.74, 6) is -0.252. The molecule has 0 saturated carbocycles. The molecule has 1 amide bonds. The Bertz CT molecular complexity index is 408. The third-order valence-electron chi connectivity index (χ3n) is 3.79. The molecule has 4 nitrogen and oxygen atoms in total. The molecule has 0 bridgehead atoms. The van der Waals surface area contributed by atoms with Crippen LogP contribution in [0.3, 0.4) is 0 Å². The van der Waals surface area contributed by atoms with E-state index in [0.717, 1.165) is 31.4 Å². The van der Waals surface area contributed by atoms with E-state index < -0.39 is 0 Å². The molecule has 3 N–H and O–H groups in total. The lowest BCUT2D eigenvalue weighted by Crippen LogP contribution is -2.35. The van der Waals surface area contributed by atoms with Gasteiger partial charge in [-0.15, -0.1) is 12.4 Å². The van der Waals surface area contributed by atoms with Gasteiger partial charge in [-0.25, -0.2) is 0 Å². The summed E-state index contributed by atoms with van der Waals surface area (Å²) in [7, 11) is 0. The zero-order chi connectivity index (χ0) is 14.2. The van der Waals surface area contributed by atoms with Gasteiger partial charge in [0, 0.05) is 19.7 Å². The normalized spacial score (nSPS) is 19.4. The molecule has 0 aliphatic carbocycles. The molecule has 2 atom stereocenters. The Hall–Kier alpha value is -1.10. The van der Waals surface area contributed by atoms with E-state index in [-0.39, 0.29) is 24.2 Å². The Kier molecular flexibility index (Phi) is 8.35. The average Bonchev–Trinajstić information content (AvgIpc) is 2.50. The molecule has 1 saturated heterocycles. The van der Waals surface area contributed by atoms with Gasteiger partial charge in [0.15, 0.2) is 0 Å². The average molecular weight is 313 g/mol. The molecule has 1 aromatic rings. The van der Waals surface area contributed by atoms with Gasteiger partial charge in [0.2, 0.25) is 5.91 Å². The molecule has 1 heterocycles. The van der Waals surface area contributed by atoms with Gasteiger partial charge in [0.25, 0.3) is 0 Å². The summed E-state index contributed by atoms with van der Waals surface area (Å²) in [4.78, 5) is 12.2. The van der Waals surface area contributed by atoms with Crippen LogP contribution in [0.25, 0.3) is 0 Å². The molecule has 2 unspecified atom stereocenters. The molecular formula is C16H25ClN2O2. The van der Waals surface area contributed by atoms with Gasteiger partial charge in [-0.1, -0.05) is 30.3 Å². The Morgan fingerprint density at radius 3 is 2.71 bits per heavy atom. The first-order valence-corrected chi connectivity index (χ1v) is 7.45. The predicted octanol–water partition coefficient (Wildman–Crippen LogP) is 2.23. The van der Waals surface area contributed by atoms with Crippen LogP contribution in [-0.4, -0.2) is 31.7 Å². The molecule has 5 heteroatoms. The second-order valence-electron chi connectivity index (χ2n) is 5.27. The highest BCUT2D eigenvalue weighted by molar-refractivity contribution is 5.85. The minimum Gasteiger partial charge on any atom is -0.378 e. The molecule has 1 aliphatic rings. The second kappa shape index (κ2) is 9.77. The number of hydrogen-bond acceptors (Lipinski definition) is 3. The van der Waals surface area contributed by atoms with Gasteiger partial charge in [-0.05, 0) is 31.2 Å². The van der Waals surface area contributed by atoms with Crippen LogP contribution in [0.5, 0.6) is 0 Å². The number of amides is 1. The van der Waals surface area contributed by atoms with Crippen molar-refractivity contribution in [1.82, 2.24) is 5.32 Å². The van der Waals surface area contributed by atoms with Crippen molar-refractivity contribution in [3.05, 3.63) is 35.9 Å². The second-order valence-corrected chi connectivity index (χ2v) is 5.27. The summed E-state index contributed by atoms with van der Waals surface area (Å²) >= 11 is 0. The third-order valence-corrected chi connectivity index (χ3v) is 3.79. The van der Waals surface area contributed by atoms with Crippen molar-refractivity contribution in [1.29, 1.82) is 0 Å². The van der Waals surface area contributed by atoms with Gasteiger partial charge in [-0.2, -0.15) is 0 Å². The highest BCUT2D eigenvalue weighted by Crippen LogP contribution is 2.16. The molecule has 1 fully saturated rings. The minimum atomic E-state index is -0.261. The van der Waals surface area contributed by atoms with E-state index in [1.54, 1.807) is 0 Å². The molecule has 0 radical (unpaired) electrons. The van der Waals surface area contributed by atoms with Crippen LogP contribution in [0.2, 0.25) is 0 Å². The van der Waals surface area contributed by atoms with Crippen molar-refractivity contribution in [3.63, 3.8) is 0 Å². The van der Waals surface area contributed by atoms with Gasteiger partial charge in [-0.3, -0.25) is 4.79 Å². The largest absolute Gasteiger partial charge is 0.378 e. The number of benzene rings is 1. The monoisotopic (exact) mass is 312 g/mol. The third kappa shape index (κ3) is 5.65. The summed E-state index contributed by atoms with van der Waals surface area (Å²) in [5.41, 5.74) is 6.71. The molecule has 1 aliphatic heterocycles. The van der Waals surface area contributed by atoms with E-state index >= 15 is 0 Å². The molecule has 1 aromatic carbocycles. The Morgan fingerprint density at radius 2 is 2.10 bits per heavy atom. The van der Waals surface area contributed by atoms with Gasteiger partial charge < -0.3 is 15.8 Å². The smallest absolute Gasteiger partial charge is 0.228 e. The van der Waals surface area contributed by atoms with Crippen LogP contribution in [-0.2, 0) is 9.53 Å². The van der Waals surface area contributed by atoms with Crippen LogP contribution in [0.4, 0.5) is 0 Å². The molecule has 0 spiro atoms. The maximum absolute atomic E-state index is 12.2. The fraction of sp³-hybridized carbons (Fsp3) is 0.562. The molecule has 21 heavy (non-hydrogen) atoms. The van der Waals surface area contributed by atoms with Crippen LogP contribution in [0, 0.1) is 0 Å². The first-order chi connectivity index (χ1) is 9.81. The molecule has 118 valence electrons. The maximum Gasteiger partial charge on any atom is 0.228 e.